The first-order valence-electron chi connectivity index (χ1n) is 5.92. The summed E-state index contributed by atoms with van der Waals surface area (Å²) in [5, 5.41) is 0. The van der Waals surface area contributed by atoms with E-state index < -0.39 is 0 Å². The molecule has 0 aliphatic heterocycles. The van der Waals surface area contributed by atoms with Gasteiger partial charge in [0.25, 0.3) is 0 Å². The Bertz CT molecular complexity index is 462. The number of carbonyl (C=O) groups is 2. The molecule has 2 nitrogen and oxygen atoms in total. The molecule has 2 aliphatic rings. The fourth-order valence-electron chi connectivity index (χ4n) is 3.09. The normalized spacial score (nSPS) is 28.5. The van der Waals surface area contributed by atoms with Gasteiger partial charge in [-0.25, -0.2) is 0 Å². The lowest BCUT2D eigenvalue weighted by atomic mass is 9.67. The van der Waals surface area contributed by atoms with Crippen molar-refractivity contribution in [3.63, 3.8) is 0 Å². The Balaban J connectivity index is 2.07. The first-order valence-corrected chi connectivity index (χ1v) is 5.92. The molecule has 0 radical (unpaired) electrons. The molecule has 2 aliphatic carbocycles. The maximum Gasteiger partial charge on any atom is 0.173 e. The van der Waals surface area contributed by atoms with Crippen molar-refractivity contribution in [2.24, 2.45) is 11.8 Å². The maximum absolute atomic E-state index is 12.2. The monoisotopic (exact) mass is 214 g/mol. The molecule has 0 N–H and O–H groups in total. The van der Waals surface area contributed by atoms with Gasteiger partial charge < -0.3 is 0 Å². The quantitative estimate of drug-likeness (QED) is 0.621. The van der Waals surface area contributed by atoms with E-state index >= 15 is 0 Å². The summed E-state index contributed by atoms with van der Waals surface area (Å²) >= 11 is 0. The van der Waals surface area contributed by atoms with E-state index in [1.54, 1.807) is 0 Å². The van der Waals surface area contributed by atoms with Gasteiger partial charge in [-0.15, -0.1) is 0 Å². The van der Waals surface area contributed by atoms with Gasteiger partial charge in [0.15, 0.2) is 5.78 Å². The minimum atomic E-state index is -0.330. The van der Waals surface area contributed by atoms with Crippen molar-refractivity contribution in [2.45, 2.75) is 25.7 Å². The van der Waals surface area contributed by atoms with Crippen LogP contribution in [-0.4, -0.2) is 11.6 Å². The summed E-state index contributed by atoms with van der Waals surface area (Å²) in [6.07, 6.45) is 3.47. The van der Waals surface area contributed by atoms with E-state index in [1.807, 2.05) is 24.3 Å². The number of hydrogen-bond donors (Lipinski definition) is 0. The van der Waals surface area contributed by atoms with Gasteiger partial charge in [-0.2, -0.15) is 0 Å². The molecule has 2 atom stereocenters. The van der Waals surface area contributed by atoms with E-state index in [2.05, 4.69) is 0 Å². The van der Waals surface area contributed by atoms with Crippen LogP contribution >= 0.6 is 0 Å². The Hall–Kier alpha value is -1.44. The molecule has 1 aromatic rings. The van der Waals surface area contributed by atoms with Gasteiger partial charge in [0, 0.05) is 12.0 Å². The Kier molecular flexibility index (Phi) is 2.16. The molecule has 1 saturated carbocycles. The van der Waals surface area contributed by atoms with Crippen molar-refractivity contribution in [3.8, 4) is 0 Å². The Morgan fingerprint density at radius 1 is 1.12 bits per heavy atom. The SMILES string of the molecule is O=C1CCC[C@H]2Cc3ccccc3C(=O)[C@@H]12. The van der Waals surface area contributed by atoms with Gasteiger partial charge in [-0.3, -0.25) is 9.59 Å². The zero-order chi connectivity index (χ0) is 11.1. The van der Waals surface area contributed by atoms with E-state index in [9.17, 15) is 9.59 Å². The zero-order valence-electron chi connectivity index (χ0n) is 9.11. The van der Waals surface area contributed by atoms with E-state index in [0.29, 0.717) is 6.42 Å². The first kappa shape index (κ1) is 9.76. The van der Waals surface area contributed by atoms with Crippen molar-refractivity contribution < 1.29 is 9.59 Å². The Morgan fingerprint density at radius 2 is 1.94 bits per heavy atom. The Labute approximate surface area is 94.7 Å². The molecule has 1 aromatic carbocycles. The number of Topliss-reactive ketones (excluding diaryl/α,β-unsaturated/α-hetero) is 2. The van der Waals surface area contributed by atoms with Crippen LogP contribution in [0.5, 0.6) is 0 Å². The van der Waals surface area contributed by atoms with Crippen LogP contribution < -0.4 is 0 Å². The van der Waals surface area contributed by atoms with Crippen LogP contribution in [0.15, 0.2) is 24.3 Å². The minimum absolute atomic E-state index is 0.0663. The van der Waals surface area contributed by atoms with Gasteiger partial charge in [-0.05, 0) is 30.7 Å². The van der Waals surface area contributed by atoms with Crippen molar-refractivity contribution in [2.75, 3.05) is 0 Å². The summed E-state index contributed by atoms with van der Waals surface area (Å²) in [6.45, 7) is 0. The van der Waals surface area contributed by atoms with Crippen LogP contribution in [0.2, 0.25) is 0 Å². The molecule has 0 amide bonds. The number of hydrogen-bond acceptors (Lipinski definition) is 2. The molecular weight excluding hydrogens is 200 g/mol. The predicted molar refractivity (Wildman–Crippen MR) is 60.3 cm³/mol. The highest BCUT2D eigenvalue weighted by molar-refractivity contribution is 6.12. The van der Waals surface area contributed by atoms with Crippen LogP contribution in [0.3, 0.4) is 0 Å². The van der Waals surface area contributed by atoms with Gasteiger partial charge in [0.05, 0.1) is 5.92 Å². The molecule has 3 rings (SSSR count). The molecular formula is C14H14O2. The van der Waals surface area contributed by atoms with Crippen LogP contribution in [0.4, 0.5) is 0 Å². The standard InChI is InChI=1S/C14H14O2/c15-12-7-3-5-10-8-9-4-1-2-6-11(9)14(16)13(10)12/h1-2,4,6,10,13H,3,5,7-8H2/t10-,13+/m0/s1. The molecule has 0 spiro atoms. The lowest BCUT2D eigenvalue weighted by molar-refractivity contribution is -0.124. The summed E-state index contributed by atoms with van der Waals surface area (Å²) in [5.74, 6) is 0.166. The third kappa shape index (κ3) is 1.33. The average molecular weight is 214 g/mol. The first-order chi connectivity index (χ1) is 7.77. The Morgan fingerprint density at radius 3 is 2.81 bits per heavy atom. The van der Waals surface area contributed by atoms with Gasteiger partial charge in [-0.1, -0.05) is 24.3 Å². The average Bonchev–Trinajstić information content (AvgIpc) is 2.29. The van der Waals surface area contributed by atoms with Gasteiger partial charge in [0.2, 0.25) is 0 Å². The minimum Gasteiger partial charge on any atom is -0.299 e. The second kappa shape index (κ2) is 3.55. The highest BCUT2D eigenvalue weighted by Crippen LogP contribution is 2.37. The highest BCUT2D eigenvalue weighted by Gasteiger charge is 2.41. The van der Waals surface area contributed by atoms with Gasteiger partial charge >= 0.3 is 0 Å². The van der Waals surface area contributed by atoms with Crippen LogP contribution in [-0.2, 0) is 11.2 Å². The highest BCUT2D eigenvalue weighted by atomic mass is 16.2. The summed E-state index contributed by atoms with van der Waals surface area (Å²) in [5.41, 5.74) is 1.91. The zero-order valence-corrected chi connectivity index (χ0v) is 9.11. The molecule has 0 unspecified atom stereocenters. The third-order valence-corrected chi connectivity index (χ3v) is 3.86. The summed E-state index contributed by atoms with van der Waals surface area (Å²) in [7, 11) is 0. The second-order valence-electron chi connectivity index (χ2n) is 4.82. The molecule has 16 heavy (non-hydrogen) atoms. The molecule has 0 heterocycles. The summed E-state index contributed by atoms with van der Waals surface area (Å²) in [4.78, 5) is 24.1. The topological polar surface area (TPSA) is 34.1 Å². The fraction of sp³-hybridized carbons (Fsp3) is 0.429. The lowest BCUT2D eigenvalue weighted by Crippen LogP contribution is -2.39. The second-order valence-corrected chi connectivity index (χ2v) is 4.82. The van der Waals surface area contributed by atoms with E-state index in [1.165, 1.54) is 0 Å². The van der Waals surface area contributed by atoms with Crippen molar-refractivity contribution >= 4 is 11.6 Å². The number of rotatable bonds is 0. The largest absolute Gasteiger partial charge is 0.299 e. The van der Waals surface area contributed by atoms with Crippen LogP contribution in [0, 0.1) is 11.8 Å². The number of benzene rings is 1. The van der Waals surface area contributed by atoms with E-state index in [-0.39, 0.29) is 23.4 Å². The number of carbonyl (C=O) groups excluding carboxylic acids is 2. The maximum atomic E-state index is 12.2. The van der Waals surface area contributed by atoms with Crippen molar-refractivity contribution in [1.29, 1.82) is 0 Å². The fourth-order valence-corrected chi connectivity index (χ4v) is 3.09. The molecule has 2 heteroatoms. The van der Waals surface area contributed by atoms with Crippen molar-refractivity contribution in [1.82, 2.24) is 0 Å². The van der Waals surface area contributed by atoms with Crippen LogP contribution in [0.25, 0.3) is 0 Å². The number of ketones is 2. The molecule has 0 bridgehead atoms. The van der Waals surface area contributed by atoms with E-state index in [0.717, 1.165) is 30.4 Å². The van der Waals surface area contributed by atoms with Crippen LogP contribution in [0.1, 0.15) is 35.2 Å². The third-order valence-electron chi connectivity index (χ3n) is 3.86. The molecule has 0 saturated heterocycles. The smallest absolute Gasteiger partial charge is 0.173 e. The van der Waals surface area contributed by atoms with Gasteiger partial charge in [0.1, 0.15) is 5.78 Å². The summed E-state index contributed by atoms with van der Waals surface area (Å²) < 4.78 is 0. The predicted octanol–water partition coefficient (Wildman–Crippen LogP) is 2.41. The molecule has 1 fully saturated rings. The molecule has 0 aromatic heterocycles. The van der Waals surface area contributed by atoms with E-state index in [4.69, 9.17) is 0 Å². The lowest BCUT2D eigenvalue weighted by Gasteiger charge is -2.34. The molecule has 82 valence electrons. The van der Waals surface area contributed by atoms with Crippen molar-refractivity contribution in [3.05, 3.63) is 35.4 Å². The summed E-state index contributed by atoms with van der Waals surface area (Å²) in [6, 6.07) is 7.72. The number of fused-ring (bicyclic) bond motifs is 2.